The van der Waals surface area contributed by atoms with E-state index in [4.69, 9.17) is 14.2 Å². The predicted molar refractivity (Wildman–Crippen MR) is 353 cm³/mol. The first kappa shape index (κ1) is 78.4. The highest BCUT2D eigenvalue weighted by Crippen LogP contribution is 2.19. The van der Waals surface area contributed by atoms with Crippen LogP contribution in [-0.2, 0) is 28.6 Å². The molecule has 0 bridgehead atoms. The zero-order chi connectivity index (χ0) is 58.5. The summed E-state index contributed by atoms with van der Waals surface area (Å²) >= 11 is 0. The molecule has 6 nitrogen and oxygen atoms in total. The summed E-state index contributed by atoms with van der Waals surface area (Å²) in [5, 5.41) is 0. The number of allylic oxidation sites excluding steroid dienone is 8. The molecule has 0 aromatic heterocycles. The van der Waals surface area contributed by atoms with Crippen molar-refractivity contribution in [2.45, 2.75) is 399 Å². The highest BCUT2D eigenvalue weighted by molar-refractivity contribution is 5.71. The highest BCUT2D eigenvalue weighted by atomic mass is 16.6. The Morgan fingerprint density at radius 1 is 0.259 bits per heavy atom. The van der Waals surface area contributed by atoms with Crippen molar-refractivity contribution in [3.8, 4) is 0 Å². The van der Waals surface area contributed by atoms with E-state index in [-0.39, 0.29) is 31.1 Å². The number of unbranched alkanes of at least 4 members (excludes halogenated alkanes) is 48. The second-order valence-electron chi connectivity index (χ2n) is 24.5. The molecule has 0 spiro atoms. The van der Waals surface area contributed by atoms with Gasteiger partial charge in [0.05, 0.1) is 0 Å². The number of hydrogen-bond acceptors (Lipinski definition) is 6. The van der Waals surface area contributed by atoms with Gasteiger partial charge < -0.3 is 14.2 Å². The maximum absolute atomic E-state index is 12.9. The van der Waals surface area contributed by atoms with Gasteiger partial charge in [0.15, 0.2) is 6.10 Å². The Bertz CT molecular complexity index is 1400. The quantitative estimate of drug-likeness (QED) is 0.0261. The molecule has 81 heavy (non-hydrogen) atoms. The van der Waals surface area contributed by atoms with E-state index in [1.54, 1.807) is 0 Å². The Morgan fingerprint density at radius 2 is 0.481 bits per heavy atom. The first-order valence-electron chi connectivity index (χ1n) is 36.1. The van der Waals surface area contributed by atoms with Crippen LogP contribution in [0.3, 0.4) is 0 Å². The molecule has 0 aliphatic carbocycles. The number of ether oxygens (including phenoxy) is 3. The van der Waals surface area contributed by atoms with Gasteiger partial charge in [0.25, 0.3) is 0 Å². The molecule has 0 heterocycles. The van der Waals surface area contributed by atoms with Crippen molar-refractivity contribution in [3.05, 3.63) is 48.6 Å². The lowest BCUT2D eigenvalue weighted by atomic mass is 10.0. The van der Waals surface area contributed by atoms with Crippen molar-refractivity contribution < 1.29 is 28.6 Å². The van der Waals surface area contributed by atoms with Crippen LogP contribution in [0.5, 0.6) is 0 Å². The lowest BCUT2D eigenvalue weighted by Crippen LogP contribution is -2.30. The Balaban J connectivity index is 4.03. The molecule has 0 rings (SSSR count). The largest absolute Gasteiger partial charge is 0.462 e. The zero-order valence-electron chi connectivity index (χ0n) is 54.6. The number of carbonyl (C=O) groups excluding carboxylic acids is 3. The number of carbonyl (C=O) groups is 3. The minimum absolute atomic E-state index is 0.0642. The molecule has 0 aliphatic heterocycles. The number of hydrogen-bond donors (Lipinski definition) is 0. The summed E-state index contributed by atoms with van der Waals surface area (Å²) < 4.78 is 17.0. The molecule has 0 saturated heterocycles. The molecule has 0 fully saturated rings. The second-order valence-corrected chi connectivity index (χ2v) is 24.5. The van der Waals surface area contributed by atoms with Gasteiger partial charge in [-0.2, -0.15) is 0 Å². The third kappa shape index (κ3) is 68.0. The van der Waals surface area contributed by atoms with E-state index in [1.165, 1.54) is 270 Å². The van der Waals surface area contributed by atoms with Crippen LogP contribution in [0, 0.1) is 0 Å². The second kappa shape index (κ2) is 69.9. The molecule has 0 aromatic carbocycles. The molecule has 474 valence electrons. The van der Waals surface area contributed by atoms with Gasteiger partial charge in [-0.25, -0.2) is 0 Å². The van der Waals surface area contributed by atoms with Crippen molar-refractivity contribution in [2.75, 3.05) is 13.2 Å². The van der Waals surface area contributed by atoms with Crippen LogP contribution >= 0.6 is 0 Å². The Morgan fingerprint density at radius 3 is 0.753 bits per heavy atom. The molecular weight excluding hydrogens is 997 g/mol. The summed E-state index contributed by atoms with van der Waals surface area (Å²) in [6.07, 6.45) is 88.8. The third-order valence-corrected chi connectivity index (χ3v) is 16.3. The average molecular weight is 1140 g/mol. The van der Waals surface area contributed by atoms with Gasteiger partial charge in [-0.1, -0.05) is 365 Å². The molecule has 1 atom stereocenters. The minimum atomic E-state index is -0.766. The van der Waals surface area contributed by atoms with E-state index in [0.29, 0.717) is 19.3 Å². The van der Waals surface area contributed by atoms with Gasteiger partial charge in [-0.3, -0.25) is 14.4 Å². The summed E-state index contributed by atoms with van der Waals surface area (Å²) in [5.74, 6) is -0.834. The Kier molecular flexibility index (Phi) is 67.6. The van der Waals surface area contributed by atoms with Crippen LogP contribution in [0.2, 0.25) is 0 Å². The topological polar surface area (TPSA) is 78.9 Å². The SMILES string of the molecule is CC/C=C\C/C=C\C/C=C\C/C=C\CCCCCCCCCCCCCCCCCCCCCCCCC(=O)OCC(COC(=O)CCCCCCCCCCCCC)OC(=O)CCCCCCCCCCCCCCCCCCC. The van der Waals surface area contributed by atoms with Crippen molar-refractivity contribution >= 4 is 17.9 Å². The summed E-state index contributed by atoms with van der Waals surface area (Å²) in [5.41, 5.74) is 0. The van der Waals surface area contributed by atoms with E-state index < -0.39 is 6.10 Å². The average Bonchev–Trinajstić information content (AvgIpc) is 3.47. The van der Waals surface area contributed by atoms with E-state index in [1.807, 2.05) is 0 Å². The van der Waals surface area contributed by atoms with Crippen molar-refractivity contribution in [1.82, 2.24) is 0 Å². The summed E-state index contributed by atoms with van der Waals surface area (Å²) in [6, 6.07) is 0. The fourth-order valence-corrected chi connectivity index (χ4v) is 11.0. The van der Waals surface area contributed by atoms with Crippen LogP contribution in [-0.4, -0.2) is 37.2 Å². The molecule has 0 aromatic rings. The molecule has 0 amide bonds. The third-order valence-electron chi connectivity index (χ3n) is 16.3. The first-order chi connectivity index (χ1) is 40.0. The van der Waals surface area contributed by atoms with Gasteiger partial charge in [0, 0.05) is 19.3 Å². The van der Waals surface area contributed by atoms with Crippen LogP contribution in [0.15, 0.2) is 48.6 Å². The molecule has 0 N–H and O–H groups in total. The lowest BCUT2D eigenvalue weighted by Gasteiger charge is -2.18. The van der Waals surface area contributed by atoms with Crippen LogP contribution in [0.4, 0.5) is 0 Å². The van der Waals surface area contributed by atoms with Gasteiger partial charge >= 0.3 is 17.9 Å². The smallest absolute Gasteiger partial charge is 0.306 e. The van der Waals surface area contributed by atoms with Crippen molar-refractivity contribution in [3.63, 3.8) is 0 Å². The number of rotatable bonds is 67. The zero-order valence-corrected chi connectivity index (χ0v) is 54.6. The number of esters is 3. The van der Waals surface area contributed by atoms with Gasteiger partial charge in [-0.05, 0) is 57.8 Å². The van der Waals surface area contributed by atoms with Gasteiger partial charge in [-0.15, -0.1) is 0 Å². The van der Waals surface area contributed by atoms with Gasteiger partial charge in [0.1, 0.15) is 13.2 Å². The molecule has 6 heteroatoms. The van der Waals surface area contributed by atoms with E-state index >= 15 is 0 Å². The maximum Gasteiger partial charge on any atom is 0.306 e. The Labute approximate surface area is 505 Å². The van der Waals surface area contributed by atoms with E-state index in [9.17, 15) is 14.4 Å². The van der Waals surface area contributed by atoms with Crippen LogP contribution in [0.25, 0.3) is 0 Å². The summed E-state index contributed by atoms with van der Waals surface area (Å²) in [4.78, 5) is 38.3. The van der Waals surface area contributed by atoms with E-state index in [0.717, 1.165) is 83.5 Å². The fraction of sp³-hybridized carbons (Fsp3) is 0.853. The monoisotopic (exact) mass is 1140 g/mol. The normalized spacial score (nSPS) is 12.3. The Hall–Kier alpha value is -2.63. The van der Waals surface area contributed by atoms with Crippen molar-refractivity contribution in [2.24, 2.45) is 0 Å². The molecular formula is C75H138O6. The molecule has 1 unspecified atom stereocenters. The van der Waals surface area contributed by atoms with Crippen LogP contribution < -0.4 is 0 Å². The molecule has 0 aliphatic rings. The van der Waals surface area contributed by atoms with Gasteiger partial charge in [0.2, 0.25) is 0 Å². The summed E-state index contributed by atoms with van der Waals surface area (Å²) in [6.45, 7) is 6.59. The van der Waals surface area contributed by atoms with E-state index in [2.05, 4.69) is 69.4 Å². The minimum Gasteiger partial charge on any atom is -0.462 e. The predicted octanol–water partition coefficient (Wildman–Crippen LogP) is 24.9. The fourth-order valence-electron chi connectivity index (χ4n) is 11.0. The summed E-state index contributed by atoms with van der Waals surface area (Å²) in [7, 11) is 0. The highest BCUT2D eigenvalue weighted by Gasteiger charge is 2.19. The first-order valence-corrected chi connectivity index (χ1v) is 36.1. The standard InChI is InChI=1S/C75H138O6/c1-4-7-10-13-16-19-22-24-26-28-29-30-31-32-33-34-35-36-37-38-39-40-41-42-43-44-45-47-48-50-53-56-59-62-65-68-74(77)80-71-72(70-79-73(76)67-64-61-58-55-52-21-18-15-12-9-6-3)81-75(78)69-66-63-60-57-54-51-49-46-27-25-23-20-17-14-11-8-5-2/h7,10,16,19,24,26,29-30,72H,4-6,8-9,11-15,17-18,20-23,25,27-28,31-71H2,1-3H3/b10-7-,19-16-,26-24-,30-29-. The molecule has 0 saturated carbocycles. The maximum atomic E-state index is 12.9. The molecule has 0 radical (unpaired) electrons. The van der Waals surface area contributed by atoms with Crippen LogP contribution in [0.1, 0.15) is 393 Å². The lowest BCUT2D eigenvalue weighted by molar-refractivity contribution is -0.167. The van der Waals surface area contributed by atoms with Crippen molar-refractivity contribution in [1.29, 1.82) is 0 Å².